The van der Waals surface area contributed by atoms with Crippen LogP contribution in [-0.4, -0.2) is 46.4 Å². The number of amides is 2. The highest BCUT2D eigenvalue weighted by Gasteiger charge is 2.28. The van der Waals surface area contributed by atoms with Crippen molar-refractivity contribution < 1.29 is 23.8 Å². The highest BCUT2D eigenvalue weighted by molar-refractivity contribution is 6.30. The monoisotopic (exact) mass is 502 g/mol. The Morgan fingerprint density at radius 3 is 2.49 bits per heavy atom. The van der Waals surface area contributed by atoms with Crippen molar-refractivity contribution >= 4 is 23.4 Å². The second kappa shape index (κ2) is 12.7. The minimum absolute atomic E-state index is 0.0353. The van der Waals surface area contributed by atoms with Crippen molar-refractivity contribution in [2.45, 2.75) is 51.6 Å². The molecule has 6 nitrogen and oxygen atoms in total. The third-order valence-corrected chi connectivity index (χ3v) is 6.28. The Labute approximate surface area is 210 Å². The summed E-state index contributed by atoms with van der Waals surface area (Å²) in [5.41, 5.74) is 1.76. The number of nitrogens with zero attached hydrogens (tertiary/aromatic N) is 2. The maximum Gasteiger partial charge on any atom is 0.229 e. The molecule has 0 aliphatic carbocycles. The SMILES string of the molecule is C=C(O)CC(c1ccc(Cl)cc1)N(CCCC)Cc1ccc(OCCN2C(=O)CCC2=O)c(F)c1. The smallest absolute Gasteiger partial charge is 0.229 e. The number of hydrogen-bond donors (Lipinski definition) is 1. The van der Waals surface area contributed by atoms with E-state index >= 15 is 0 Å². The Morgan fingerprint density at radius 1 is 1.20 bits per heavy atom. The molecule has 1 aliphatic heterocycles. The molecule has 35 heavy (non-hydrogen) atoms. The Bertz CT molecular complexity index is 1030. The molecule has 2 aromatic rings. The zero-order chi connectivity index (χ0) is 25.4. The number of unbranched alkanes of at least 4 members (excludes halogenated alkanes) is 1. The number of carbonyl (C=O) groups excluding carboxylic acids is 2. The molecule has 1 aliphatic rings. The number of rotatable bonds is 13. The molecular formula is C27H32ClFN2O4. The molecule has 0 radical (unpaired) electrons. The lowest BCUT2D eigenvalue weighted by Crippen LogP contribution is -2.33. The van der Waals surface area contributed by atoms with Crippen LogP contribution in [0.5, 0.6) is 5.75 Å². The zero-order valence-electron chi connectivity index (χ0n) is 20.0. The summed E-state index contributed by atoms with van der Waals surface area (Å²) in [6.45, 7) is 7.16. The molecule has 2 aromatic carbocycles. The van der Waals surface area contributed by atoms with Crippen molar-refractivity contribution in [2.24, 2.45) is 0 Å². The average Bonchev–Trinajstić information content (AvgIpc) is 3.14. The summed E-state index contributed by atoms with van der Waals surface area (Å²) in [4.78, 5) is 26.8. The minimum atomic E-state index is -0.508. The van der Waals surface area contributed by atoms with Gasteiger partial charge in [0.05, 0.1) is 12.3 Å². The summed E-state index contributed by atoms with van der Waals surface area (Å²) in [6.07, 6.45) is 2.73. The molecule has 0 spiro atoms. The van der Waals surface area contributed by atoms with Gasteiger partial charge in [0, 0.05) is 36.9 Å². The first kappa shape index (κ1) is 26.7. The van der Waals surface area contributed by atoms with Gasteiger partial charge in [0.15, 0.2) is 11.6 Å². The largest absolute Gasteiger partial charge is 0.513 e. The molecule has 1 unspecified atom stereocenters. The fourth-order valence-corrected chi connectivity index (χ4v) is 4.31. The van der Waals surface area contributed by atoms with Crippen LogP contribution in [0.2, 0.25) is 5.02 Å². The van der Waals surface area contributed by atoms with Crippen LogP contribution >= 0.6 is 11.6 Å². The van der Waals surface area contributed by atoms with Gasteiger partial charge in [0.2, 0.25) is 11.8 Å². The van der Waals surface area contributed by atoms with Crippen LogP contribution in [0.3, 0.4) is 0 Å². The van der Waals surface area contributed by atoms with Gasteiger partial charge in [-0.25, -0.2) is 4.39 Å². The Morgan fingerprint density at radius 2 is 1.89 bits per heavy atom. The Kier molecular flexibility index (Phi) is 9.69. The molecule has 3 rings (SSSR count). The van der Waals surface area contributed by atoms with Gasteiger partial charge in [0.1, 0.15) is 6.61 Å². The minimum Gasteiger partial charge on any atom is -0.513 e. The normalized spacial score (nSPS) is 14.6. The van der Waals surface area contributed by atoms with Crippen LogP contribution in [0.15, 0.2) is 54.8 Å². The predicted octanol–water partition coefficient (Wildman–Crippen LogP) is 5.81. The third kappa shape index (κ3) is 7.54. The van der Waals surface area contributed by atoms with Gasteiger partial charge >= 0.3 is 0 Å². The number of halogens is 2. The lowest BCUT2D eigenvalue weighted by Gasteiger charge is -2.32. The summed E-state index contributed by atoms with van der Waals surface area (Å²) in [7, 11) is 0. The highest BCUT2D eigenvalue weighted by Crippen LogP contribution is 2.30. The molecule has 1 N–H and O–H groups in total. The van der Waals surface area contributed by atoms with Crippen molar-refractivity contribution in [1.29, 1.82) is 0 Å². The number of imide groups is 1. The number of aliphatic hydroxyl groups is 1. The summed E-state index contributed by atoms with van der Waals surface area (Å²) >= 11 is 6.06. The zero-order valence-corrected chi connectivity index (χ0v) is 20.8. The number of carbonyl (C=O) groups is 2. The average molecular weight is 503 g/mol. The summed E-state index contributed by atoms with van der Waals surface area (Å²) in [5, 5.41) is 10.6. The molecular weight excluding hydrogens is 471 g/mol. The van der Waals surface area contributed by atoms with Crippen LogP contribution in [0.25, 0.3) is 0 Å². The van der Waals surface area contributed by atoms with Crippen molar-refractivity contribution in [3.05, 3.63) is 76.8 Å². The van der Waals surface area contributed by atoms with Crippen LogP contribution in [0.4, 0.5) is 4.39 Å². The van der Waals surface area contributed by atoms with Crippen molar-refractivity contribution in [2.75, 3.05) is 19.7 Å². The van der Waals surface area contributed by atoms with Crippen LogP contribution in [0.1, 0.15) is 56.2 Å². The first-order valence-corrected chi connectivity index (χ1v) is 12.3. The standard InChI is InChI=1S/C27H32ClFN2O4/c1-3-4-13-30(24(16-19(2)32)21-6-8-22(28)9-7-21)18-20-5-10-25(23(29)17-20)35-15-14-31-26(33)11-12-27(31)34/h5-10,17,24,32H,2-4,11-16,18H2,1H3. The quantitative estimate of drug-likeness (QED) is 0.276. The molecule has 1 heterocycles. The van der Waals surface area contributed by atoms with Crippen LogP contribution in [0, 0.1) is 5.82 Å². The summed E-state index contributed by atoms with van der Waals surface area (Å²) in [6, 6.07) is 12.2. The fraction of sp³-hybridized carbons (Fsp3) is 0.407. The van der Waals surface area contributed by atoms with Crippen molar-refractivity contribution in [3.63, 3.8) is 0 Å². The molecule has 2 amide bonds. The Balaban J connectivity index is 1.71. The number of benzene rings is 2. The maximum atomic E-state index is 14.8. The molecule has 1 fully saturated rings. The number of likely N-dealkylation sites (tertiary alicyclic amines) is 1. The van der Waals surface area contributed by atoms with E-state index in [1.54, 1.807) is 12.1 Å². The first-order valence-electron chi connectivity index (χ1n) is 11.9. The van der Waals surface area contributed by atoms with E-state index in [4.69, 9.17) is 16.3 Å². The van der Waals surface area contributed by atoms with Crippen LogP contribution < -0.4 is 4.74 Å². The molecule has 1 atom stereocenters. The topological polar surface area (TPSA) is 70.1 Å². The summed E-state index contributed by atoms with van der Waals surface area (Å²) < 4.78 is 20.3. The second-order valence-corrected chi connectivity index (χ2v) is 9.15. The number of hydrogen-bond acceptors (Lipinski definition) is 5. The van der Waals surface area contributed by atoms with E-state index < -0.39 is 5.82 Å². The van der Waals surface area contributed by atoms with E-state index in [-0.39, 0.29) is 55.4 Å². The lowest BCUT2D eigenvalue weighted by atomic mass is 9.99. The van der Waals surface area contributed by atoms with Gasteiger partial charge in [-0.15, -0.1) is 0 Å². The van der Waals surface area contributed by atoms with Gasteiger partial charge in [0.25, 0.3) is 0 Å². The van der Waals surface area contributed by atoms with E-state index in [9.17, 15) is 19.1 Å². The predicted molar refractivity (Wildman–Crippen MR) is 134 cm³/mol. The fourth-order valence-electron chi connectivity index (χ4n) is 4.19. The lowest BCUT2D eigenvalue weighted by molar-refractivity contribution is -0.138. The van der Waals surface area contributed by atoms with E-state index in [0.29, 0.717) is 18.0 Å². The van der Waals surface area contributed by atoms with Gasteiger partial charge < -0.3 is 9.84 Å². The molecule has 1 saturated heterocycles. The van der Waals surface area contributed by atoms with Gasteiger partial charge in [-0.1, -0.05) is 49.7 Å². The van der Waals surface area contributed by atoms with Crippen LogP contribution in [-0.2, 0) is 16.1 Å². The van der Waals surface area contributed by atoms with Crippen molar-refractivity contribution in [1.82, 2.24) is 9.80 Å². The second-order valence-electron chi connectivity index (χ2n) is 8.71. The van der Waals surface area contributed by atoms with Gasteiger partial charge in [-0.2, -0.15) is 0 Å². The van der Waals surface area contributed by atoms with E-state index in [0.717, 1.165) is 35.4 Å². The molecule has 8 heteroatoms. The van der Waals surface area contributed by atoms with E-state index in [1.807, 2.05) is 24.3 Å². The maximum absolute atomic E-state index is 14.8. The molecule has 188 valence electrons. The number of ether oxygens (including phenoxy) is 1. The number of aliphatic hydroxyl groups excluding tert-OH is 1. The summed E-state index contributed by atoms with van der Waals surface area (Å²) in [5.74, 6) is -0.793. The third-order valence-electron chi connectivity index (χ3n) is 6.03. The molecule has 0 aromatic heterocycles. The van der Waals surface area contributed by atoms with Gasteiger partial charge in [-0.3, -0.25) is 19.4 Å². The molecule has 0 saturated carbocycles. The van der Waals surface area contributed by atoms with E-state index in [1.165, 1.54) is 6.07 Å². The van der Waals surface area contributed by atoms with Gasteiger partial charge in [-0.05, 0) is 48.4 Å². The first-order chi connectivity index (χ1) is 16.8. The molecule has 0 bridgehead atoms. The highest BCUT2D eigenvalue weighted by atomic mass is 35.5. The van der Waals surface area contributed by atoms with Crippen molar-refractivity contribution in [3.8, 4) is 5.75 Å². The Hall–Kier alpha value is -2.90. The van der Waals surface area contributed by atoms with E-state index in [2.05, 4.69) is 18.4 Å².